The summed E-state index contributed by atoms with van der Waals surface area (Å²) in [5.74, 6) is 2.45. The van der Waals surface area contributed by atoms with Crippen LogP contribution in [0.4, 0.5) is 0 Å². The van der Waals surface area contributed by atoms with E-state index in [1.54, 1.807) is 5.79 Å². The van der Waals surface area contributed by atoms with Crippen LogP contribution >= 0.6 is 22.7 Å². The minimum absolute atomic E-state index is 0.303. The van der Waals surface area contributed by atoms with Crippen LogP contribution in [0.5, 0.6) is 11.5 Å². The van der Waals surface area contributed by atoms with Crippen LogP contribution < -0.4 is 15.3 Å². The zero-order valence-electron chi connectivity index (χ0n) is 37.7. The number of rotatable bonds is 34. The third-order valence-electron chi connectivity index (χ3n) is 11.7. The minimum atomic E-state index is -2.39. The number of hydrogen-bond acceptors (Lipinski definition) is 4. The van der Waals surface area contributed by atoms with Gasteiger partial charge in [-0.3, -0.25) is 0 Å². The van der Waals surface area contributed by atoms with Crippen LogP contribution in [-0.2, 0) is 0 Å². The topological polar surface area (TPSA) is 18.5 Å². The van der Waals surface area contributed by atoms with Crippen molar-refractivity contribution in [3.8, 4) is 11.5 Å². The van der Waals surface area contributed by atoms with Gasteiger partial charge in [-0.1, -0.05) is 53.4 Å². The summed E-state index contributed by atoms with van der Waals surface area (Å²) < 4.78 is 21.1. The first kappa shape index (κ1) is 49.7. The molecular weight excluding hydrogens is 922 g/mol. The number of thiophene rings is 2. The van der Waals surface area contributed by atoms with E-state index in [1.807, 2.05) is 0 Å². The van der Waals surface area contributed by atoms with Gasteiger partial charge in [0.25, 0.3) is 0 Å². The van der Waals surface area contributed by atoms with E-state index in [2.05, 4.69) is 87.2 Å². The molecule has 3 aromatic rings. The zero-order valence-corrected chi connectivity index (χ0v) is 45.1. The predicted molar refractivity (Wildman–Crippen MR) is 258 cm³/mol. The Kier molecular flexibility index (Phi) is 26.0. The molecule has 1 aromatic carbocycles. The maximum atomic E-state index is 7.51. The van der Waals surface area contributed by atoms with Gasteiger partial charge in [0.1, 0.15) is 0 Å². The normalized spacial score (nSPS) is 12.4. The van der Waals surface area contributed by atoms with Crippen molar-refractivity contribution in [3.63, 3.8) is 0 Å². The van der Waals surface area contributed by atoms with Gasteiger partial charge in [0, 0.05) is 0 Å². The Morgan fingerprint density at radius 1 is 0.473 bits per heavy atom. The van der Waals surface area contributed by atoms with Crippen molar-refractivity contribution in [2.24, 2.45) is 0 Å². The van der Waals surface area contributed by atoms with Crippen molar-refractivity contribution < 1.29 is 9.47 Å². The number of unbranched alkanes of at least 4 members (excludes halogenated alkanes) is 20. The molecule has 0 saturated carbocycles. The number of benzene rings is 1. The van der Waals surface area contributed by atoms with Gasteiger partial charge in [0.05, 0.1) is 0 Å². The Bertz CT molecular complexity index is 1290. The van der Waals surface area contributed by atoms with Gasteiger partial charge in [0.2, 0.25) is 0 Å². The molecule has 0 spiro atoms. The second kappa shape index (κ2) is 28.7. The van der Waals surface area contributed by atoms with Gasteiger partial charge in [-0.25, -0.2) is 0 Å². The molecule has 315 valence electrons. The summed E-state index contributed by atoms with van der Waals surface area (Å²) in [6.07, 6.45) is 37.7. The molecular formula is C49H87O2S2Sn2. The summed E-state index contributed by atoms with van der Waals surface area (Å²) in [5, 5.41) is 2.77. The van der Waals surface area contributed by atoms with Gasteiger partial charge in [-0.2, -0.15) is 0 Å². The van der Waals surface area contributed by atoms with E-state index in [-0.39, 0.29) is 0 Å². The van der Waals surface area contributed by atoms with Crippen molar-refractivity contribution in [3.05, 3.63) is 12.1 Å². The van der Waals surface area contributed by atoms with E-state index in [4.69, 9.17) is 9.47 Å². The summed E-state index contributed by atoms with van der Waals surface area (Å²) >= 11 is 0.143. The SMILES string of the molecule is CCCCCCCCC(CCCCCCCC)Oc1c2c[c]([Sn]([CH3])([CH3])[CH3])sc2c(OC(CCCCCCCC)CCCCCCCC)c2c[c]([Sn]([CH3])[CH3])sc12. The van der Waals surface area contributed by atoms with Crippen LogP contribution in [0, 0.1) is 0 Å². The van der Waals surface area contributed by atoms with Gasteiger partial charge in [-0.05, 0) is 0 Å². The summed E-state index contributed by atoms with van der Waals surface area (Å²) in [5.41, 5.74) is 0. The molecule has 0 saturated heterocycles. The first-order valence-electron chi connectivity index (χ1n) is 23.8. The third-order valence-corrected chi connectivity index (χ3v) is 30.0. The number of hydrogen-bond donors (Lipinski definition) is 0. The quantitative estimate of drug-likeness (QED) is 0.0438. The van der Waals surface area contributed by atoms with E-state index in [1.165, 1.54) is 211 Å². The zero-order chi connectivity index (χ0) is 39.9. The average Bonchev–Trinajstić information content (AvgIpc) is 3.81. The fraction of sp³-hybridized carbons (Fsp3) is 0.796. The van der Waals surface area contributed by atoms with Gasteiger partial charge in [-0.15, -0.1) is 0 Å². The van der Waals surface area contributed by atoms with Crippen molar-refractivity contribution in [2.45, 2.75) is 244 Å². The molecule has 3 rings (SSSR count). The molecule has 55 heavy (non-hydrogen) atoms. The fourth-order valence-electron chi connectivity index (χ4n) is 8.02. The van der Waals surface area contributed by atoms with E-state index in [0.29, 0.717) is 12.2 Å². The molecule has 0 atom stereocenters. The predicted octanol–water partition coefficient (Wildman–Crippen LogP) is 17.1. The Morgan fingerprint density at radius 2 is 0.800 bits per heavy atom. The van der Waals surface area contributed by atoms with E-state index in [9.17, 15) is 0 Å². The Hall–Kier alpha value is 0.337. The molecule has 1 radical (unpaired) electrons. The summed E-state index contributed by atoms with van der Waals surface area (Å²) in [4.78, 5) is 12.9. The monoisotopic (exact) mass is 1010 g/mol. The molecule has 0 aliphatic heterocycles. The molecule has 0 amide bonds. The molecule has 2 nitrogen and oxygen atoms in total. The summed E-state index contributed by atoms with van der Waals surface area (Å²) in [7, 11) is 0. The van der Waals surface area contributed by atoms with Crippen LogP contribution in [0.3, 0.4) is 0 Å². The van der Waals surface area contributed by atoms with Crippen molar-refractivity contribution in [1.29, 1.82) is 0 Å². The molecule has 0 N–H and O–H groups in total. The van der Waals surface area contributed by atoms with E-state index < -0.39 is 38.1 Å². The summed E-state index contributed by atoms with van der Waals surface area (Å²) in [6.45, 7) is 9.30. The van der Waals surface area contributed by atoms with Crippen LogP contribution in [0.25, 0.3) is 20.2 Å². The molecule has 0 bridgehead atoms. The van der Waals surface area contributed by atoms with Gasteiger partial charge < -0.3 is 0 Å². The molecule has 6 heteroatoms. The summed E-state index contributed by atoms with van der Waals surface area (Å²) in [6, 6.07) is 5.21. The Labute approximate surface area is 361 Å². The van der Waals surface area contributed by atoms with Crippen LogP contribution in [0.1, 0.15) is 207 Å². The first-order valence-corrected chi connectivity index (χ1v) is 42.6. The van der Waals surface area contributed by atoms with Gasteiger partial charge >= 0.3 is 311 Å². The second-order valence-corrected chi connectivity index (χ2v) is 44.1. The number of ether oxygens (including phenoxy) is 2. The number of fused-ring (bicyclic) bond motifs is 2. The van der Waals surface area contributed by atoms with Crippen molar-refractivity contribution in [2.75, 3.05) is 0 Å². The molecule has 2 aromatic heterocycles. The van der Waals surface area contributed by atoms with Crippen molar-refractivity contribution >= 4 is 86.8 Å². The molecule has 0 aliphatic rings. The van der Waals surface area contributed by atoms with Crippen LogP contribution in [0.15, 0.2) is 12.1 Å². The fourth-order valence-corrected chi connectivity index (χ4v) is 19.3. The van der Waals surface area contributed by atoms with Gasteiger partial charge in [0.15, 0.2) is 0 Å². The third kappa shape index (κ3) is 18.2. The first-order chi connectivity index (χ1) is 26.6. The van der Waals surface area contributed by atoms with Crippen molar-refractivity contribution in [1.82, 2.24) is 0 Å². The Morgan fingerprint density at radius 3 is 1.15 bits per heavy atom. The average molecular weight is 1010 g/mol. The molecule has 0 aliphatic carbocycles. The van der Waals surface area contributed by atoms with E-state index >= 15 is 0 Å². The van der Waals surface area contributed by atoms with Crippen LogP contribution in [-0.4, -0.2) is 50.3 Å². The van der Waals surface area contributed by atoms with Crippen LogP contribution in [0.2, 0.25) is 24.7 Å². The molecule has 2 heterocycles. The second-order valence-electron chi connectivity index (χ2n) is 18.3. The molecule has 0 unspecified atom stereocenters. The Balaban J connectivity index is 2.03. The molecule has 0 fully saturated rings. The van der Waals surface area contributed by atoms with E-state index in [0.717, 1.165) is 0 Å². The maximum absolute atomic E-state index is 7.51. The standard InChI is InChI=1S/C44H72O2S2.5CH3.2Sn/c1-5-9-13-17-21-25-29-37(30-26-22-18-14-10-6-2)45-41-39-33-35-48-44(39)42(40-34-36-47-43(40)41)46-38(31-27-23-19-15-11-7-3)32-28-24-20-16-12-8-4;;;;;;;/h33-34,37-38H,5-32H2,1-4H3;5*1H3;;.